The summed E-state index contributed by atoms with van der Waals surface area (Å²) < 4.78 is 12.4. The van der Waals surface area contributed by atoms with Gasteiger partial charge in [-0.15, -0.1) is 10.2 Å². The number of hydrogen-bond acceptors (Lipinski definition) is 8. The van der Waals surface area contributed by atoms with Crippen LogP contribution in [0.1, 0.15) is 25.4 Å². The summed E-state index contributed by atoms with van der Waals surface area (Å²) in [4.78, 5) is 4.45. The zero-order chi connectivity index (χ0) is 17.8. The van der Waals surface area contributed by atoms with Gasteiger partial charge in [0.1, 0.15) is 0 Å². The highest BCUT2D eigenvalue weighted by Crippen LogP contribution is 2.23. The average molecular weight is 343 g/mol. The van der Waals surface area contributed by atoms with Crippen molar-refractivity contribution < 1.29 is 9.26 Å². The van der Waals surface area contributed by atoms with Crippen molar-refractivity contribution in [2.45, 2.75) is 33.2 Å². The summed E-state index contributed by atoms with van der Waals surface area (Å²) in [6.07, 6.45) is 2.38. The molecule has 3 rings (SSSR count). The molecule has 0 spiro atoms. The summed E-state index contributed by atoms with van der Waals surface area (Å²) >= 11 is 0. The molecule has 0 fully saturated rings. The standard InChI is InChI=1S/C16H21N7O2/c1-5-24-15-7-6-14(20-21-15)23-11(3)12(9-18-23)16-19-13(22-25-16)8-10(2)17-4/h6-7,9-10,17H,5,8H2,1-4H3. The van der Waals surface area contributed by atoms with Crippen LogP contribution in [0.4, 0.5) is 0 Å². The molecule has 0 amide bonds. The van der Waals surface area contributed by atoms with Crippen LogP contribution in [0.25, 0.3) is 17.3 Å². The second-order valence-corrected chi connectivity index (χ2v) is 5.63. The Morgan fingerprint density at radius 1 is 1.32 bits per heavy atom. The van der Waals surface area contributed by atoms with Crippen molar-refractivity contribution in [3.05, 3.63) is 29.8 Å². The van der Waals surface area contributed by atoms with Crippen LogP contribution >= 0.6 is 0 Å². The number of hydrogen-bond donors (Lipinski definition) is 1. The Labute approximate surface area is 145 Å². The van der Waals surface area contributed by atoms with Gasteiger partial charge >= 0.3 is 0 Å². The van der Waals surface area contributed by atoms with Crippen molar-refractivity contribution in [1.82, 2.24) is 35.4 Å². The third kappa shape index (κ3) is 3.66. The Balaban J connectivity index is 1.83. The van der Waals surface area contributed by atoms with E-state index in [1.54, 1.807) is 23.0 Å². The molecule has 3 aromatic heterocycles. The molecule has 3 heterocycles. The highest BCUT2D eigenvalue weighted by atomic mass is 16.5. The van der Waals surface area contributed by atoms with Crippen LogP contribution in [-0.2, 0) is 6.42 Å². The Hall–Kier alpha value is -2.81. The number of aromatic nitrogens is 6. The highest BCUT2D eigenvalue weighted by molar-refractivity contribution is 5.56. The highest BCUT2D eigenvalue weighted by Gasteiger charge is 2.17. The van der Waals surface area contributed by atoms with Crippen molar-refractivity contribution in [3.63, 3.8) is 0 Å². The minimum Gasteiger partial charge on any atom is -0.477 e. The molecule has 25 heavy (non-hydrogen) atoms. The second-order valence-electron chi connectivity index (χ2n) is 5.63. The summed E-state index contributed by atoms with van der Waals surface area (Å²) in [7, 11) is 1.90. The van der Waals surface area contributed by atoms with Crippen molar-refractivity contribution in [3.8, 4) is 23.2 Å². The van der Waals surface area contributed by atoms with E-state index in [1.165, 1.54) is 0 Å². The number of ether oxygens (including phenoxy) is 1. The normalized spacial score (nSPS) is 12.3. The number of nitrogens with zero attached hydrogens (tertiary/aromatic N) is 6. The van der Waals surface area contributed by atoms with Crippen LogP contribution in [-0.4, -0.2) is 49.8 Å². The fourth-order valence-corrected chi connectivity index (χ4v) is 2.32. The second kappa shape index (κ2) is 7.39. The van der Waals surface area contributed by atoms with Crippen LogP contribution in [0.2, 0.25) is 0 Å². The third-order valence-electron chi connectivity index (χ3n) is 3.83. The first-order valence-corrected chi connectivity index (χ1v) is 8.14. The zero-order valence-electron chi connectivity index (χ0n) is 14.7. The van der Waals surface area contributed by atoms with E-state index < -0.39 is 0 Å². The molecule has 0 aliphatic rings. The van der Waals surface area contributed by atoms with Gasteiger partial charge in [0, 0.05) is 18.5 Å². The quantitative estimate of drug-likeness (QED) is 0.689. The molecular weight excluding hydrogens is 322 g/mol. The summed E-state index contributed by atoms with van der Waals surface area (Å²) in [5.41, 5.74) is 1.61. The van der Waals surface area contributed by atoms with Crippen molar-refractivity contribution in [2.75, 3.05) is 13.7 Å². The summed E-state index contributed by atoms with van der Waals surface area (Å²) in [6.45, 7) is 6.42. The van der Waals surface area contributed by atoms with E-state index in [1.807, 2.05) is 20.9 Å². The fourth-order valence-electron chi connectivity index (χ4n) is 2.32. The van der Waals surface area contributed by atoms with Gasteiger partial charge in [-0.05, 0) is 33.9 Å². The molecule has 0 bridgehead atoms. The van der Waals surface area contributed by atoms with Gasteiger partial charge in [-0.1, -0.05) is 5.16 Å². The predicted molar refractivity (Wildman–Crippen MR) is 90.6 cm³/mol. The zero-order valence-corrected chi connectivity index (χ0v) is 14.7. The van der Waals surface area contributed by atoms with Crippen LogP contribution in [0, 0.1) is 6.92 Å². The maximum atomic E-state index is 5.38. The predicted octanol–water partition coefficient (Wildman–Crippen LogP) is 1.57. The van der Waals surface area contributed by atoms with Crippen LogP contribution < -0.4 is 10.1 Å². The lowest BCUT2D eigenvalue weighted by Crippen LogP contribution is -2.24. The first-order valence-electron chi connectivity index (χ1n) is 8.14. The average Bonchev–Trinajstić information content (AvgIpc) is 3.22. The van der Waals surface area contributed by atoms with E-state index in [9.17, 15) is 0 Å². The van der Waals surface area contributed by atoms with Gasteiger partial charge in [-0.3, -0.25) is 0 Å². The minimum atomic E-state index is 0.272. The lowest BCUT2D eigenvalue weighted by Gasteiger charge is -2.05. The molecule has 1 N–H and O–H groups in total. The molecule has 9 heteroatoms. The first kappa shape index (κ1) is 17.0. The molecule has 0 saturated carbocycles. The van der Waals surface area contributed by atoms with Gasteiger partial charge in [-0.25, -0.2) is 4.68 Å². The largest absolute Gasteiger partial charge is 0.477 e. The Morgan fingerprint density at radius 2 is 2.16 bits per heavy atom. The summed E-state index contributed by atoms with van der Waals surface area (Å²) in [5.74, 6) is 2.18. The molecule has 0 saturated heterocycles. The van der Waals surface area contributed by atoms with Gasteiger partial charge in [0.2, 0.25) is 5.88 Å². The molecule has 9 nitrogen and oxygen atoms in total. The van der Waals surface area contributed by atoms with Crippen molar-refractivity contribution >= 4 is 0 Å². The maximum absolute atomic E-state index is 5.38. The van der Waals surface area contributed by atoms with E-state index in [2.05, 4.69) is 37.7 Å². The lowest BCUT2D eigenvalue weighted by atomic mass is 10.2. The Bertz CT molecular complexity index is 825. The van der Waals surface area contributed by atoms with Crippen LogP contribution in [0.5, 0.6) is 5.88 Å². The third-order valence-corrected chi connectivity index (χ3v) is 3.83. The Kier molecular flexibility index (Phi) is 5.03. The van der Waals surface area contributed by atoms with Gasteiger partial charge in [0.15, 0.2) is 11.6 Å². The van der Waals surface area contributed by atoms with Gasteiger partial charge in [-0.2, -0.15) is 10.1 Å². The molecule has 0 radical (unpaired) electrons. The van der Waals surface area contributed by atoms with E-state index in [0.29, 0.717) is 36.4 Å². The van der Waals surface area contributed by atoms with Gasteiger partial charge < -0.3 is 14.6 Å². The maximum Gasteiger partial charge on any atom is 0.261 e. The van der Waals surface area contributed by atoms with Crippen LogP contribution in [0.15, 0.2) is 22.9 Å². The SMILES string of the molecule is CCOc1ccc(-n2ncc(-c3nc(CC(C)NC)no3)c2C)nn1. The topological polar surface area (TPSA) is 104 Å². The van der Waals surface area contributed by atoms with Crippen LogP contribution in [0.3, 0.4) is 0 Å². The first-order chi connectivity index (χ1) is 12.1. The van der Waals surface area contributed by atoms with Gasteiger partial charge in [0.25, 0.3) is 5.89 Å². The molecule has 0 aliphatic heterocycles. The van der Waals surface area contributed by atoms with Gasteiger partial charge in [0.05, 0.1) is 24.1 Å². The van der Waals surface area contributed by atoms with Crippen molar-refractivity contribution in [1.29, 1.82) is 0 Å². The van der Waals surface area contributed by atoms with E-state index in [4.69, 9.17) is 9.26 Å². The summed E-state index contributed by atoms with van der Waals surface area (Å²) in [6, 6.07) is 3.83. The lowest BCUT2D eigenvalue weighted by molar-refractivity contribution is 0.322. The molecule has 0 aliphatic carbocycles. The molecule has 1 atom stereocenters. The Morgan fingerprint density at radius 3 is 2.84 bits per heavy atom. The fraction of sp³-hybridized carbons (Fsp3) is 0.438. The molecule has 1 unspecified atom stereocenters. The van der Waals surface area contributed by atoms with E-state index in [-0.39, 0.29) is 6.04 Å². The number of likely N-dealkylation sites (N-methyl/N-ethyl adjacent to an activating group) is 1. The molecular formula is C16H21N7O2. The number of nitrogens with one attached hydrogen (secondary N) is 1. The summed E-state index contributed by atoms with van der Waals surface area (Å²) in [5, 5.41) is 19.7. The molecule has 0 aromatic carbocycles. The van der Waals surface area contributed by atoms with Crippen molar-refractivity contribution in [2.24, 2.45) is 0 Å². The molecule has 132 valence electrons. The van der Waals surface area contributed by atoms with E-state index in [0.717, 1.165) is 11.3 Å². The number of rotatable bonds is 7. The van der Waals surface area contributed by atoms with E-state index >= 15 is 0 Å². The molecule has 3 aromatic rings. The smallest absolute Gasteiger partial charge is 0.261 e. The monoisotopic (exact) mass is 343 g/mol. The minimum absolute atomic E-state index is 0.272.